The van der Waals surface area contributed by atoms with Gasteiger partial charge >= 0.3 is 6.09 Å². The fourth-order valence-corrected chi connectivity index (χ4v) is 2.90. The summed E-state index contributed by atoms with van der Waals surface area (Å²) in [5.74, 6) is 0. The summed E-state index contributed by atoms with van der Waals surface area (Å²) in [5, 5.41) is 2.91. The van der Waals surface area contributed by atoms with Crippen LogP contribution in [0.15, 0.2) is 11.6 Å². The van der Waals surface area contributed by atoms with E-state index in [2.05, 4.69) is 11.9 Å². The van der Waals surface area contributed by atoms with Gasteiger partial charge in [0.1, 0.15) is 10.6 Å². The number of likely N-dealkylation sites (tertiary alicyclic amines) is 1. The van der Waals surface area contributed by atoms with Gasteiger partial charge in [0.15, 0.2) is 0 Å². The Bertz CT molecular complexity index is 470. The minimum Gasteiger partial charge on any atom is -0.444 e. The molecule has 1 aromatic rings. The molecule has 1 atom stereocenters. The van der Waals surface area contributed by atoms with Crippen molar-refractivity contribution >= 4 is 17.4 Å². The highest BCUT2D eigenvalue weighted by atomic mass is 32.1. The molecule has 118 valence electrons. The molecule has 1 aromatic heterocycles. The number of rotatable bonds is 4. The Hall–Kier alpha value is -1.14. The predicted octanol–water partition coefficient (Wildman–Crippen LogP) is 3.45. The zero-order valence-corrected chi connectivity index (χ0v) is 14.0. The SMILES string of the molecule is CCC1(OCc2nccs2)CCN(C(=O)OC(C)(C)C)C1. The van der Waals surface area contributed by atoms with E-state index < -0.39 is 5.60 Å². The molecule has 1 amide bonds. The molecular weight excluding hydrogens is 288 g/mol. The molecule has 0 saturated carbocycles. The molecule has 1 fully saturated rings. The van der Waals surface area contributed by atoms with Crippen LogP contribution in [0, 0.1) is 0 Å². The van der Waals surface area contributed by atoms with E-state index >= 15 is 0 Å². The van der Waals surface area contributed by atoms with Gasteiger partial charge in [0.25, 0.3) is 0 Å². The molecule has 1 aliphatic rings. The lowest BCUT2D eigenvalue weighted by molar-refractivity contribution is -0.0528. The molecular formula is C15H24N2O3S. The Morgan fingerprint density at radius 3 is 2.86 bits per heavy atom. The number of nitrogens with zero attached hydrogens (tertiary/aromatic N) is 2. The third-order valence-corrected chi connectivity index (χ3v) is 4.35. The lowest BCUT2D eigenvalue weighted by atomic mass is 10.00. The van der Waals surface area contributed by atoms with E-state index in [0.717, 1.165) is 17.8 Å². The molecule has 0 N–H and O–H groups in total. The third kappa shape index (κ3) is 4.41. The number of aromatic nitrogens is 1. The molecule has 2 heterocycles. The number of ether oxygens (including phenoxy) is 2. The van der Waals surface area contributed by atoms with Gasteiger partial charge in [-0.2, -0.15) is 0 Å². The number of thiazole rings is 1. The zero-order valence-electron chi connectivity index (χ0n) is 13.2. The van der Waals surface area contributed by atoms with Crippen LogP contribution < -0.4 is 0 Å². The second-order valence-corrected chi connectivity index (χ2v) is 7.38. The van der Waals surface area contributed by atoms with E-state index in [1.165, 1.54) is 0 Å². The van der Waals surface area contributed by atoms with Crippen molar-refractivity contribution in [2.45, 2.75) is 58.3 Å². The van der Waals surface area contributed by atoms with E-state index in [-0.39, 0.29) is 11.7 Å². The summed E-state index contributed by atoms with van der Waals surface area (Å²) in [5.41, 5.74) is -0.737. The maximum Gasteiger partial charge on any atom is 0.410 e. The highest BCUT2D eigenvalue weighted by Crippen LogP contribution is 2.31. The maximum absolute atomic E-state index is 12.1. The van der Waals surface area contributed by atoms with Crippen molar-refractivity contribution in [2.75, 3.05) is 13.1 Å². The van der Waals surface area contributed by atoms with Crippen molar-refractivity contribution in [2.24, 2.45) is 0 Å². The number of carbonyl (C=O) groups is 1. The van der Waals surface area contributed by atoms with E-state index in [1.54, 1.807) is 22.4 Å². The highest BCUT2D eigenvalue weighted by Gasteiger charge is 2.41. The molecule has 0 aromatic carbocycles. The van der Waals surface area contributed by atoms with Crippen molar-refractivity contribution in [3.63, 3.8) is 0 Å². The van der Waals surface area contributed by atoms with E-state index in [9.17, 15) is 4.79 Å². The lowest BCUT2D eigenvalue weighted by Crippen LogP contribution is -2.40. The molecule has 0 spiro atoms. The van der Waals surface area contributed by atoms with Crippen molar-refractivity contribution < 1.29 is 14.3 Å². The number of hydrogen-bond acceptors (Lipinski definition) is 5. The Morgan fingerprint density at radius 1 is 1.52 bits per heavy atom. The largest absolute Gasteiger partial charge is 0.444 e. The molecule has 1 aliphatic heterocycles. The van der Waals surface area contributed by atoms with Crippen LogP contribution in [-0.2, 0) is 16.1 Å². The monoisotopic (exact) mass is 312 g/mol. The van der Waals surface area contributed by atoms with Gasteiger partial charge in [0.2, 0.25) is 0 Å². The van der Waals surface area contributed by atoms with Gasteiger partial charge in [-0.15, -0.1) is 11.3 Å². The fraction of sp³-hybridized carbons (Fsp3) is 0.733. The highest BCUT2D eigenvalue weighted by molar-refractivity contribution is 7.09. The molecule has 0 aliphatic carbocycles. The topological polar surface area (TPSA) is 51.7 Å². The smallest absolute Gasteiger partial charge is 0.410 e. The first-order valence-electron chi connectivity index (χ1n) is 7.34. The van der Waals surface area contributed by atoms with Crippen LogP contribution in [0.2, 0.25) is 0 Å². The standard InChI is InChI=1S/C15H24N2O3S/c1-5-15(19-10-12-16-7-9-21-12)6-8-17(11-15)13(18)20-14(2,3)4/h7,9H,5-6,8,10-11H2,1-4H3. The first-order valence-corrected chi connectivity index (χ1v) is 8.22. The van der Waals surface area contributed by atoms with Crippen LogP contribution in [0.25, 0.3) is 0 Å². The van der Waals surface area contributed by atoms with Crippen LogP contribution in [-0.4, -0.2) is 40.3 Å². The van der Waals surface area contributed by atoms with E-state index in [0.29, 0.717) is 19.7 Å². The summed E-state index contributed by atoms with van der Waals surface area (Å²) in [4.78, 5) is 18.1. The van der Waals surface area contributed by atoms with Gasteiger partial charge in [0, 0.05) is 18.1 Å². The third-order valence-electron chi connectivity index (χ3n) is 3.60. The normalized spacial score (nSPS) is 22.6. The zero-order chi connectivity index (χ0) is 15.5. The molecule has 0 radical (unpaired) electrons. The van der Waals surface area contributed by atoms with E-state index in [4.69, 9.17) is 9.47 Å². The maximum atomic E-state index is 12.1. The number of carbonyl (C=O) groups excluding carboxylic acids is 1. The van der Waals surface area contributed by atoms with Crippen LogP contribution in [0.1, 0.15) is 45.5 Å². The van der Waals surface area contributed by atoms with Gasteiger partial charge in [-0.3, -0.25) is 0 Å². The Kier molecular flexibility index (Phi) is 4.88. The molecule has 1 saturated heterocycles. The van der Waals surface area contributed by atoms with Crippen LogP contribution in [0.5, 0.6) is 0 Å². The first kappa shape index (κ1) is 16.2. The van der Waals surface area contributed by atoms with Crippen molar-refractivity contribution in [1.29, 1.82) is 0 Å². The summed E-state index contributed by atoms with van der Waals surface area (Å²) in [6, 6.07) is 0. The van der Waals surface area contributed by atoms with Gasteiger partial charge in [-0.1, -0.05) is 6.92 Å². The number of hydrogen-bond donors (Lipinski definition) is 0. The van der Waals surface area contributed by atoms with E-state index in [1.807, 2.05) is 26.2 Å². The van der Waals surface area contributed by atoms with Gasteiger partial charge in [-0.05, 0) is 33.6 Å². The van der Waals surface area contributed by atoms with Crippen molar-refractivity contribution in [3.8, 4) is 0 Å². The molecule has 2 rings (SSSR count). The van der Waals surface area contributed by atoms with Gasteiger partial charge < -0.3 is 14.4 Å². The summed E-state index contributed by atoms with van der Waals surface area (Å²) in [6.07, 6.45) is 3.24. The van der Waals surface area contributed by atoms with Gasteiger partial charge in [-0.25, -0.2) is 9.78 Å². The average Bonchev–Trinajstić information content (AvgIpc) is 3.05. The fourth-order valence-electron chi connectivity index (χ4n) is 2.37. The Balaban J connectivity index is 1.92. The van der Waals surface area contributed by atoms with Crippen molar-refractivity contribution in [1.82, 2.24) is 9.88 Å². The molecule has 21 heavy (non-hydrogen) atoms. The minimum atomic E-state index is -0.462. The summed E-state index contributed by atoms with van der Waals surface area (Å²) in [6.45, 7) is 9.52. The second kappa shape index (κ2) is 6.32. The minimum absolute atomic E-state index is 0.254. The summed E-state index contributed by atoms with van der Waals surface area (Å²) < 4.78 is 11.5. The second-order valence-electron chi connectivity index (χ2n) is 6.40. The lowest BCUT2D eigenvalue weighted by Gasteiger charge is -2.29. The molecule has 1 unspecified atom stereocenters. The van der Waals surface area contributed by atoms with Crippen LogP contribution in [0.4, 0.5) is 4.79 Å². The van der Waals surface area contributed by atoms with Crippen LogP contribution >= 0.6 is 11.3 Å². The summed E-state index contributed by atoms with van der Waals surface area (Å²) in [7, 11) is 0. The predicted molar refractivity (Wildman–Crippen MR) is 82.3 cm³/mol. The summed E-state index contributed by atoms with van der Waals surface area (Å²) >= 11 is 1.59. The molecule has 0 bridgehead atoms. The average molecular weight is 312 g/mol. The number of amides is 1. The quantitative estimate of drug-likeness (QED) is 0.854. The molecule has 6 heteroatoms. The Morgan fingerprint density at radius 2 is 2.29 bits per heavy atom. The van der Waals surface area contributed by atoms with Crippen LogP contribution in [0.3, 0.4) is 0 Å². The van der Waals surface area contributed by atoms with Crippen molar-refractivity contribution in [3.05, 3.63) is 16.6 Å². The molecule has 5 nitrogen and oxygen atoms in total. The Labute approximate surface area is 130 Å². The van der Waals surface area contributed by atoms with Gasteiger partial charge in [0.05, 0.1) is 18.8 Å². The first-order chi connectivity index (χ1) is 9.84.